The first-order valence-electron chi connectivity index (χ1n) is 14.5. The zero-order chi connectivity index (χ0) is 27.9. The van der Waals surface area contributed by atoms with Gasteiger partial charge in [-0.25, -0.2) is 0 Å². The van der Waals surface area contributed by atoms with Crippen molar-refractivity contribution >= 4 is 32.3 Å². The molecule has 42 heavy (non-hydrogen) atoms. The van der Waals surface area contributed by atoms with Crippen LogP contribution in [0.25, 0.3) is 76.8 Å². The van der Waals surface area contributed by atoms with E-state index in [0.717, 1.165) is 0 Å². The van der Waals surface area contributed by atoms with Crippen molar-refractivity contribution in [1.29, 1.82) is 0 Å². The molecular weight excluding hydrogens is 504 g/mol. The van der Waals surface area contributed by atoms with Crippen LogP contribution < -0.4 is 0 Å². The maximum atomic E-state index is 2.39. The van der Waals surface area contributed by atoms with Crippen molar-refractivity contribution in [1.82, 2.24) is 0 Å². The van der Waals surface area contributed by atoms with Crippen LogP contribution in [0.4, 0.5) is 0 Å². The van der Waals surface area contributed by atoms with Crippen LogP contribution in [-0.2, 0) is 0 Å². The highest BCUT2D eigenvalue weighted by Crippen LogP contribution is 2.52. The van der Waals surface area contributed by atoms with Crippen LogP contribution >= 0.6 is 0 Å². The third-order valence-electron chi connectivity index (χ3n) is 8.41. The van der Waals surface area contributed by atoms with Crippen molar-refractivity contribution in [2.45, 2.75) is 0 Å². The molecule has 0 unspecified atom stereocenters. The van der Waals surface area contributed by atoms with Crippen LogP contribution in [0.3, 0.4) is 0 Å². The van der Waals surface area contributed by atoms with E-state index < -0.39 is 0 Å². The van der Waals surface area contributed by atoms with Gasteiger partial charge >= 0.3 is 0 Å². The van der Waals surface area contributed by atoms with Gasteiger partial charge in [0.1, 0.15) is 0 Å². The molecule has 0 fully saturated rings. The first kappa shape index (κ1) is 24.3. The van der Waals surface area contributed by atoms with E-state index in [0.29, 0.717) is 0 Å². The van der Waals surface area contributed by atoms with E-state index in [1.54, 1.807) is 0 Å². The first-order valence-corrected chi connectivity index (χ1v) is 14.5. The summed E-state index contributed by atoms with van der Waals surface area (Å²) in [5.41, 5.74) is 9.94. The van der Waals surface area contributed by atoms with Crippen LogP contribution in [0, 0.1) is 0 Å². The quantitative estimate of drug-likeness (QED) is 0.156. The van der Waals surface area contributed by atoms with Gasteiger partial charge in [0.05, 0.1) is 0 Å². The summed E-state index contributed by atoms with van der Waals surface area (Å²) in [6.07, 6.45) is 0. The van der Waals surface area contributed by atoms with Crippen LogP contribution in [0.15, 0.2) is 170 Å². The van der Waals surface area contributed by atoms with Crippen molar-refractivity contribution in [2.75, 3.05) is 0 Å². The number of hydrogen-bond acceptors (Lipinski definition) is 0. The maximum Gasteiger partial charge on any atom is -0.00137 e. The van der Waals surface area contributed by atoms with Crippen molar-refractivity contribution in [2.24, 2.45) is 0 Å². The number of rotatable bonds is 4. The molecule has 196 valence electrons. The van der Waals surface area contributed by atoms with Crippen molar-refractivity contribution < 1.29 is 0 Å². The van der Waals surface area contributed by atoms with Crippen LogP contribution in [-0.4, -0.2) is 0 Å². The fraction of sp³-hybridized carbons (Fsp3) is 0. The number of benzene rings is 8. The standard InChI is InChI=1S/C42H28/c1-5-15-29(16-6-1)38-36-26-25-35-27-33-23-13-14-24-34(33)28-37(35)42(36)41(32-21-11-4-12-22-32)40(31-19-9-3-10-20-31)39(38)30-17-7-2-8-18-30/h1-28H. The summed E-state index contributed by atoms with van der Waals surface area (Å²) < 4.78 is 0. The molecule has 0 aliphatic heterocycles. The molecule has 8 rings (SSSR count). The van der Waals surface area contributed by atoms with Gasteiger partial charge in [0.2, 0.25) is 0 Å². The van der Waals surface area contributed by atoms with Crippen molar-refractivity contribution in [3.8, 4) is 44.5 Å². The molecule has 0 saturated heterocycles. The summed E-state index contributed by atoms with van der Waals surface area (Å²) in [6, 6.07) is 61.8. The highest BCUT2D eigenvalue weighted by atomic mass is 14.3. The van der Waals surface area contributed by atoms with E-state index in [1.807, 2.05) is 0 Å². The zero-order valence-corrected chi connectivity index (χ0v) is 23.2. The molecule has 0 heterocycles. The highest BCUT2D eigenvalue weighted by molar-refractivity contribution is 6.26. The normalized spacial score (nSPS) is 11.3. The Labute approximate surface area is 246 Å². The van der Waals surface area contributed by atoms with Gasteiger partial charge in [-0.2, -0.15) is 0 Å². The van der Waals surface area contributed by atoms with Crippen molar-refractivity contribution in [3.63, 3.8) is 0 Å². The van der Waals surface area contributed by atoms with Crippen LogP contribution in [0.5, 0.6) is 0 Å². The lowest BCUT2D eigenvalue weighted by atomic mass is 9.77. The van der Waals surface area contributed by atoms with Gasteiger partial charge in [0, 0.05) is 0 Å². The number of fused-ring (bicyclic) bond motifs is 4. The Morgan fingerprint density at radius 3 is 1.17 bits per heavy atom. The fourth-order valence-corrected chi connectivity index (χ4v) is 6.59. The SMILES string of the molecule is c1ccc(-c2c(-c3ccccc3)c(-c3ccccc3)c3c(ccc4cc5ccccc5cc43)c2-c2ccccc2)cc1. The predicted octanol–water partition coefficient (Wildman–Crippen LogP) is 11.8. The molecule has 0 radical (unpaired) electrons. The molecular formula is C42H28. The third-order valence-corrected chi connectivity index (χ3v) is 8.41. The van der Waals surface area contributed by atoms with Gasteiger partial charge in [-0.3, -0.25) is 0 Å². The number of hydrogen-bond donors (Lipinski definition) is 0. The average molecular weight is 533 g/mol. The molecule has 0 saturated carbocycles. The zero-order valence-electron chi connectivity index (χ0n) is 23.2. The third kappa shape index (κ3) is 4.00. The fourth-order valence-electron chi connectivity index (χ4n) is 6.59. The second kappa shape index (κ2) is 10.2. The lowest BCUT2D eigenvalue weighted by Crippen LogP contribution is -1.98. The van der Waals surface area contributed by atoms with E-state index in [9.17, 15) is 0 Å². The molecule has 0 spiro atoms. The lowest BCUT2D eigenvalue weighted by molar-refractivity contribution is 1.57. The molecule has 0 amide bonds. The Kier molecular flexibility index (Phi) is 5.90. The summed E-state index contributed by atoms with van der Waals surface area (Å²) in [7, 11) is 0. The van der Waals surface area contributed by atoms with Crippen LogP contribution in [0.2, 0.25) is 0 Å². The molecule has 8 aromatic rings. The minimum Gasteiger partial charge on any atom is -0.0622 e. The first-order chi connectivity index (χ1) is 20.9. The second-order valence-electron chi connectivity index (χ2n) is 10.9. The van der Waals surface area contributed by atoms with Gasteiger partial charge in [-0.1, -0.05) is 158 Å². The van der Waals surface area contributed by atoms with E-state index in [-0.39, 0.29) is 0 Å². The van der Waals surface area contributed by atoms with Crippen molar-refractivity contribution in [3.05, 3.63) is 170 Å². The second-order valence-corrected chi connectivity index (χ2v) is 10.9. The predicted molar refractivity (Wildman–Crippen MR) is 181 cm³/mol. The molecule has 0 aliphatic carbocycles. The Hall–Kier alpha value is -5.46. The topological polar surface area (TPSA) is 0 Å². The molecule has 0 aromatic heterocycles. The van der Waals surface area contributed by atoms with E-state index in [1.165, 1.54) is 76.8 Å². The molecule has 0 atom stereocenters. The molecule has 0 aliphatic rings. The van der Waals surface area contributed by atoms with Gasteiger partial charge in [-0.05, 0) is 89.0 Å². The van der Waals surface area contributed by atoms with Crippen LogP contribution in [0.1, 0.15) is 0 Å². The molecule has 8 aromatic carbocycles. The Balaban J connectivity index is 1.70. The Morgan fingerprint density at radius 2 is 0.643 bits per heavy atom. The van der Waals surface area contributed by atoms with Gasteiger partial charge in [0.25, 0.3) is 0 Å². The summed E-state index contributed by atoms with van der Waals surface area (Å²) >= 11 is 0. The summed E-state index contributed by atoms with van der Waals surface area (Å²) in [5, 5.41) is 7.61. The highest BCUT2D eigenvalue weighted by Gasteiger charge is 2.25. The molecule has 0 bridgehead atoms. The van der Waals surface area contributed by atoms with Gasteiger partial charge < -0.3 is 0 Å². The minimum atomic E-state index is 1.21. The Morgan fingerprint density at radius 1 is 0.238 bits per heavy atom. The van der Waals surface area contributed by atoms with E-state index >= 15 is 0 Å². The lowest BCUT2D eigenvalue weighted by Gasteiger charge is -2.25. The van der Waals surface area contributed by atoms with Gasteiger partial charge in [0.15, 0.2) is 0 Å². The Bertz CT molecular complexity index is 2200. The smallest absolute Gasteiger partial charge is 0.00137 e. The molecule has 0 heteroatoms. The summed E-state index contributed by atoms with van der Waals surface area (Å²) in [6.45, 7) is 0. The van der Waals surface area contributed by atoms with E-state index in [4.69, 9.17) is 0 Å². The van der Waals surface area contributed by atoms with E-state index in [2.05, 4.69) is 170 Å². The maximum absolute atomic E-state index is 2.39. The molecule has 0 N–H and O–H groups in total. The minimum absolute atomic E-state index is 1.21. The summed E-state index contributed by atoms with van der Waals surface area (Å²) in [5.74, 6) is 0. The largest absolute Gasteiger partial charge is 0.0622 e. The molecule has 0 nitrogen and oxygen atoms in total. The summed E-state index contributed by atoms with van der Waals surface area (Å²) in [4.78, 5) is 0. The average Bonchev–Trinajstić information content (AvgIpc) is 3.07. The monoisotopic (exact) mass is 532 g/mol. The van der Waals surface area contributed by atoms with Gasteiger partial charge in [-0.15, -0.1) is 0 Å².